The highest BCUT2D eigenvalue weighted by Crippen LogP contribution is 2.15. The molecule has 0 aliphatic rings. The number of hydrogen-bond acceptors (Lipinski definition) is 3. The Hall–Kier alpha value is -1.42. The summed E-state index contributed by atoms with van der Waals surface area (Å²) < 4.78 is 0. The molecule has 0 bridgehead atoms. The highest BCUT2D eigenvalue weighted by Gasteiger charge is 2.30. The number of hydrogen-bond donors (Lipinski definition) is 2. The fourth-order valence-electron chi connectivity index (χ4n) is 1.62. The van der Waals surface area contributed by atoms with Crippen molar-refractivity contribution in [1.82, 2.24) is 10.3 Å². The number of aromatic nitrogens is 1. The first-order chi connectivity index (χ1) is 8.03. The minimum Gasteiger partial charge on any atom is -0.346 e. The fourth-order valence-corrected chi connectivity index (χ4v) is 1.62. The van der Waals surface area contributed by atoms with E-state index in [-0.39, 0.29) is 11.9 Å². The molecule has 1 heterocycles. The van der Waals surface area contributed by atoms with Crippen LogP contribution in [0.4, 0.5) is 0 Å². The van der Waals surface area contributed by atoms with Gasteiger partial charge in [-0.2, -0.15) is 0 Å². The van der Waals surface area contributed by atoms with Gasteiger partial charge in [0.25, 0.3) is 0 Å². The average molecular weight is 235 g/mol. The van der Waals surface area contributed by atoms with Crippen LogP contribution in [0.5, 0.6) is 0 Å². The molecule has 0 saturated carbocycles. The zero-order valence-electron chi connectivity index (χ0n) is 10.7. The molecule has 1 rings (SSSR count). The predicted molar refractivity (Wildman–Crippen MR) is 68.3 cm³/mol. The quantitative estimate of drug-likeness (QED) is 0.817. The maximum atomic E-state index is 12.0. The topological polar surface area (TPSA) is 68.0 Å². The lowest BCUT2D eigenvalue weighted by molar-refractivity contribution is -0.127. The minimum atomic E-state index is -0.775. The van der Waals surface area contributed by atoms with E-state index in [1.54, 1.807) is 6.20 Å². The van der Waals surface area contributed by atoms with Crippen LogP contribution in [0.2, 0.25) is 0 Å². The van der Waals surface area contributed by atoms with E-state index >= 15 is 0 Å². The van der Waals surface area contributed by atoms with Crippen LogP contribution < -0.4 is 11.1 Å². The van der Waals surface area contributed by atoms with Gasteiger partial charge in [0.05, 0.1) is 17.3 Å². The van der Waals surface area contributed by atoms with Gasteiger partial charge in [0.1, 0.15) is 0 Å². The van der Waals surface area contributed by atoms with Gasteiger partial charge in [0.2, 0.25) is 5.91 Å². The van der Waals surface area contributed by atoms with Crippen molar-refractivity contribution in [1.29, 1.82) is 0 Å². The third kappa shape index (κ3) is 3.27. The van der Waals surface area contributed by atoms with E-state index in [1.807, 2.05) is 39.0 Å². The summed E-state index contributed by atoms with van der Waals surface area (Å²) in [6.07, 6.45) is 2.97. The van der Waals surface area contributed by atoms with Gasteiger partial charge in [0.15, 0.2) is 0 Å². The van der Waals surface area contributed by atoms with Gasteiger partial charge in [-0.25, -0.2) is 0 Å². The van der Waals surface area contributed by atoms with Crippen molar-refractivity contribution in [3.05, 3.63) is 30.1 Å². The van der Waals surface area contributed by atoms with Gasteiger partial charge in [0, 0.05) is 6.20 Å². The SMILES string of the molecule is CCC(N)(CC)C(=O)N[C@H](C)c1ccccn1. The van der Waals surface area contributed by atoms with E-state index in [4.69, 9.17) is 5.73 Å². The Morgan fingerprint density at radius 2 is 2.12 bits per heavy atom. The number of rotatable bonds is 5. The van der Waals surface area contributed by atoms with Crippen molar-refractivity contribution in [2.45, 2.75) is 45.2 Å². The lowest BCUT2D eigenvalue weighted by Gasteiger charge is -2.27. The second kappa shape index (κ2) is 5.77. The average Bonchev–Trinajstić information content (AvgIpc) is 2.38. The number of carbonyl (C=O) groups excluding carboxylic acids is 1. The molecule has 0 unspecified atom stereocenters. The van der Waals surface area contributed by atoms with E-state index in [1.165, 1.54) is 0 Å². The van der Waals surface area contributed by atoms with Crippen LogP contribution >= 0.6 is 0 Å². The highest BCUT2D eigenvalue weighted by molar-refractivity contribution is 5.86. The number of nitrogens with zero attached hydrogens (tertiary/aromatic N) is 1. The summed E-state index contributed by atoms with van der Waals surface area (Å²) in [5.74, 6) is -0.111. The van der Waals surface area contributed by atoms with Crippen molar-refractivity contribution in [3.8, 4) is 0 Å². The van der Waals surface area contributed by atoms with Gasteiger partial charge < -0.3 is 11.1 Å². The van der Waals surface area contributed by atoms with Crippen LogP contribution in [0, 0.1) is 0 Å². The molecular weight excluding hydrogens is 214 g/mol. The molecule has 0 aliphatic heterocycles. The Morgan fingerprint density at radius 3 is 2.59 bits per heavy atom. The third-order valence-corrected chi connectivity index (χ3v) is 3.19. The van der Waals surface area contributed by atoms with E-state index in [0.717, 1.165) is 5.69 Å². The maximum Gasteiger partial charge on any atom is 0.240 e. The number of nitrogens with one attached hydrogen (secondary N) is 1. The molecule has 3 N–H and O–H groups in total. The van der Waals surface area contributed by atoms with Crippen LogP contribution in [-0.2, 0) is 4.79 Å². The molecule has 94 valence electrons. The summed E-state index contributed by atoms with van der Waals surface area (Å²) in [6.45, 7) is 5.76. The number of pyridine rings is 1. The molecule has 1 aromatic rings. The zero-order valence-corrected chi connectivity index (χ0v) is 10.7. The Labute approximate surface area is 103 Å². The van der Waals surface area contributed by atoms with Crippen molar-refractivity contribution in [2.75, 3.05) is 0 Å². The van der Waals surface area contributed by atoms with Gasteiger partial charge in [-0.1, -0.05) is 19.9 Å². The van der Waals surface area contributed by atoms with Gasteiger partial charge in [-0.05, 0) is 31.9 Å². The lowest BCUT2D eigenvalue weighted by Crippen LogP contribution is -2.53. The Morgan fingerprint density at radius 1 is 1.47 bits per heavy atom. The van der Waals surface area contributed by atoms with Gasteiger partial charge in [-0.15, -0.1) is 0 Å². The molecule has 4 heteroatoms. The summed E-state index contributed by atoms with van der Waals surface area (Å²) in [5, 5.41) is 2.91. The summed E-state index contributed by atoms with van der Waals surface area (Å²) in [4.78, 5) is 16.3. The number of nitrogens with two attached hydrogens (primary N) is 1. The molecule has 0 aliphatic carbocycles. The van der Waals surface area contributed by atoms with Crippen molar-refractivity contribution in [3.63, 3.8) is 0 Å². The van der Waals surface area contributed by atoms with Crippen molar-refractivity contribution >= 4 is 5.91 Å². The first kappa shape index (κ1) is 13.6. The van der Waals surface area contributed by atoms with E-state index in [0.29, 0.717) is 12.8 Å². The maximum absolute atomic E-state index is 12.0. The fraction of sp³-hybridized carbons (Fsp3) is 0.538. The normalized spacial score (nSPS) is 13.2. The van der Waals surface area contributed by atoms with Crippen molar-refractivity contribution in [2.24, 2.45) is 5.73 Å². The first-order valence-electron chi connectivity index (χ1n) is 6.04. The molecular formula is C13H21N3O. The van der Waals surface area contributed by atoms with Crippen LogP contribution in [0.1, 0.15) is 45.3 Å². The first-order valence-corrected chi connectivity index (χ1v) is 6.04. The van der Waals surface area contributed by atoms with E-state index in [2.05, 4.69) is 10.3 Å². The Bertz CT molecular complexity index is 360. The van der Waals surface area contributed by atoms with E-state index in [9.17, 15) is 4.79 Å². The second-order valence-electron chi connectivity index (χ2n) is 4.31. The molecule has 0 aromatic carbocycles. The van der Waals surface area contributed by atoms with Crippen LogP contribution in [0.3, 0.4) is 0 Å². The lowest BCUT2D eigenvalue weighted by atomic mass is 9.93. The molecule has 1 aromatic heterocycles. The minimum absolute atomic E-state index is 0.111. The van der Waals surface area contributed by atoms with E-state index < -0.39 is 5.54 Å². The zero-order chi connectivity index (χ0) is 12.9. The number of amides is 1. The smallest absolute Gasteiger partial charge is 0.240 e. The van der Waals surface area contributed by atoms with Gasteiger partial charge in [-0.3, -0.25) is 9.78 Å². The van der Waals surface area contributed by atoms with Crippen LogP contribution in [0.25, 0.3) is 0 Å². The van der Waals surface area contributed by atoms with Gasteiger partial charge >= 0.3 is 0 Å². The Kier molecular flexibility index (Phi) is 4.63. The molecule has 1 amide bonds. The molecule has 0 saturated heterocycles. The van der Waals surface area contributed by atoms with Crippen LogP contribution in [-0.4, -0.2) is 16.4 Å². The molecule has 4 nitrogen and oxygen atoms in total. The molecule has 1 atom stereocenters. The van der Waals surface area contributed by atoms with Crippen LogP contribution in [0.15, 0.2) is 24.4 Å². The summed E-state index contributed by atoms with van der Waals surface area (Å²) >= 11 is 0. The standard InChI is InChI=1S/C13H21N3O/c1-4-13(14,5-2)12(17)16-10(3)11-8-6-7-9-15-11/h6-10H,4-5,14H2,1-3H3,(H,16,17)/t10-/m1/s1. The largest absolute Gasteiger partial charge is 0.346 e. The summed E-state index contributed by atoms with van der Waals surface area (Å²) in [6, 6.07) is 5.52. The monoisotopic (exact) mass is 235 g/mol. The molecule has 17 heavy (non-hydrogen) atoms. The molecule has 0 spiro atoms. The number of carbonyl (C=O) groups is 1. The summed E-state index contributed by atoms with van der Waals surface area (Å²) in [5.41, 5.74) is 6.10. The Balaban J connectivity index is 2.69. The second-order valence-corrected chi connectivity index (χ2v) is 4.31. The predicted octanol–water partition coefficient (Wildman–Crippen LogP) is 1.78. The van der Waals surface area contributed by atoms with Crippen molar-refractivity contribution < 1.29 is 4.79 Å². The summed E-state index contributed by atoms with van der Waals surface area (Å²) in [7, 11) is 0. The molecule has 0 fully saturated rings. The third-order valence-electron chi connectivity index (χ3n) is 3.19. The highest BCUT2D eigenvalue weighted by atomic mass is 16.2. The molecule has 0 radical (unpaired) electrons.